The Bertz CT molecular complexity index is 372. The summed E-state index contributed by atoms with van der Waals surface area (Å²) in [6.45, 7) is 3.32. The summed E-state index contributed by atoms with van der Waals surface area (Å²) < 4.78 is 7.56. The maximum atomic E-state index is 9.64. The molecule has 18 heavy (non-hydrogen) atoms. The first-order valence-corrected chi connectivity index (χ1v) is 6.49. The maximum Gasteiger partial charge on any atom is 0.122 e. The van der Waals surface area contributed by atoms with Crippen LogP contribution in [0.5, 0.6) is 0 Å². The lowest BCUT2D eigenvalue weighted by Gasteiger charge is -2.38. The normalized spacial score (nSPS) is 24.7. The molecule has 1 aromatic rings. The van der Waals surface area contributed by atoms with E-state index in [4.69, 9.17) is 4.74 Å². The topological polar surface area (TPSA) is 50.5 Å². The highest BCUT2D eigenvalue weighted by atomic mass is 16.5. The Morgan fingerprint density at radius 2 is 2.44 bits per heavy atom. The summed E-state index contributed by atoms with van der Waals surface area (Å²) in [6, 6.07) is 0. The minimum Gasteiger partial charge on any atom is -0.396 e. The SMILES string of the molecule is CN(Cc1nccn1C)CC1(CO)CCCOC1. The molecule has 0 spiro atoms. The number of imidazole rings is 1. The van der Waals surface area contributed by atoms with Crippen molar-refractivity contribution in [2.24, 2.45) is 12.5 Å². The van der Waals surface area contributed by atoms with Crippen molar-refractivity contribution < 1.29 is 9.84 Å². The molecule has 1 saturated heterocycles. The second kappa shape index (κ2) is 5.82. The van der Waals surface area contributed by atoms with E-state index in [0.717, 1.165) is 38.4 Å². The molecule has 1 unspecified atom stereocenters. The van der Waals surface area contributed by atoms with Crippen LogP contribution < -0.4 is 0 Å². The molecule has 0 bridgehead atoms. The van der Waals surface area contributed by atoms with Crippen molar-refractivity contribution in [1.82, 2.24) is 14.5 Å². The molecule has 102 valence electrons. The second-order valence-corrected chi connectivity index (χ2v) is 5.44. The first kappa shape index (κ1) is 13.5. The Morgan fingerprint density at radius 3 is 3.00 bits per heavy atom. The van der Waals surface area contributed by atoms with Gasteiger partial charge in [-0.15, -0.1) is 0 Å². The molecule has 5 heteroatoms. The molecular formula is C13H23N3O2. The van der Waals surface area contributed by atoms with Crippen molar-refractivity contribution in [3.8, 4) is 0 Å². The molecule has 0 saturated carbocycles. The van der Waals surface area contributed by atoms with Gasteiger partial charge < -0.3 is 14.4 Å². The molecule has 1 aliphatic rings. The summed E-state index contributed by atoms with van der Waals surface area (Å²) in [7, 11) is 4.07. The van der Waals surface area contributed by atoms with Gasteiger partial charge in [0.15, 0.2) is 0 Å². The monoisotopic (exact) mass is 253 g/mol. The first-order valence-electron chi connectivity index (χ1n) is 6.49. The van der Waals surface area contributed by atoms with Crippen molar-refractivity contribution in [3.63, 3.8) is 0 Å². The fourth-order valence-electron chi connectivity index (χ4n) is 2.63. The Labute approximate surface area is 108 Å². The standard InChI is InChI=1S/C13H23N3O2/c1-15(8-12-14-5-6-16(12)2)9-13(10-17)4-3-7-18-11-13/h5-6,17H,3-4,7-11H2,1-2H3. The molecule has 2 heterocycles. The number of hydrogen-bond acceptors (Lipinski definition) is 4. The number of rotatable bonds is 5. The third-order valence-electron chi connectivity index (χ3n) is 3.68. The zero-order valence-electron chi connectivity index (χ0n) is 11.3. The van der Waals surface area contributed by atoms with Crippen molar-refractivity contribution in [3.05, 3.63) is 18.2 Å². The van der Waals surface area contributed by atoms with Gasteiger partial charge >= 0.3 is 0 Å². The number of aromatic nitrogens is 2. The fraction of sp³-hybridized carbons (Fsp3) is 0.769. The van der Waals surface area contributed by atoms with Gasteiger partial charge in [0.1, 0.15) is 5.82 Å². The molecule has 0 radical (unpaired) electrons. The van der Waals surface area contributed by atoms with Crippen molar-refractivity contribution in [2.45, 2.75) is 19.4 Å². The Balaban J connectivity index is 1.93. The van der Waals surface area contributed by atoms with Gasteiger partial charge in [-0.3, -0.25) is 4.90 Å². The van der Waals surface area contributed by atoms with Crippen LogP contribution >= 0.6 is 0 Å². The van der Waals surface area contributed by atoms with Crippen LogP contribution in [0.3, 0.4) is 0 Å². The van der Waals surface area contributed by atoms with Crippen LogP contribution in [0.1, 0.15) is 18.7 Å². The van der Waals surface area contributed by atoms with Crippen LogP contribution in [0.4, 0.5) is 0 Å². The summed E-state index contributed by atoms with van der Waals surface area (Å²) in [6.07, 6.45) is 5.84. The number of hydrogen-bond donors (Lipinski definition) is 1. The maximum absolute atomic E-state index is 9.64. The summed E-state index contributed by atoms with van der Waals surface area (Å²) in [5.74, 6) is 1.04. The van der Waals surface area contributed by atoms with E-state index < -0.39 is 0 Å². The molecule has 1 aliphatic heterocycles. The largest absolute Gasteiger partial charge is 0.396 e. The van der Waals surface area contributed by atoms with E-state index in [1.807, 2.05) is 24.0 Å². The summed E-state index contributed by atoms with van der Waals surface area (Å²) >= 11 is 0. The fourth-order valence-corrected chi connectivity index (χ4v) is 2.63. The van der Waals surface area contributed by atoms with Gasteiger partial charge in [0.2, 0.25) is 0 Å². The highest BCUT2D eigenvalue weighted by Crippen LogP contribution is 2.29. The van der Waals surface area contributed by atoms with E-state index in [2.05, 4.69) is 16.9 Å². The van der Waals surface area contributed by atoms with E-state index in [9.17, 15) is 5.11 Å². The van der Waals surface area contributed by atoms with Crippen LogP contribution in [-0.2, 0) is 18.3 Å². The van der Waals surface area contributed by atoms with Crippen LogP contribution in [0.15, 0.2) is 12.4 Å². The molecule has 0 amide bonds. The third kappa shape index (κ3) is 3.10. The Hall–Kier alpha value is -0.910. The summed E-state index contributed by atoms with van der Waals surface area (Å²) in [5, 5.41) is 9.64. The highest BCUT2D eigenvalue weighted by Gasteiger charge is 2.33. The van der Waals surface area contributed by atoms with Crippen LogP contribution in [0.25, 0.3) is 0 Å². The molecule has 1 atom stereocenters. The van der Waals surface area contributed by atoms with Gasteiger partial charge in [-0.05, 0) is 19.9 Å². The van der Waals surface area contributed by atoms with Crippen molar-refractivity contribution in [1.29, 1.82) is 0 Å². The molecule has 1 N–H and O–H groups in total. The smallest absolute Gasteiger partial charge is 0.122 e. The number of nitrogens with zero attached hydrogens (tertiary/aromatic N) is 3. The molecule has 0 aliphatic carbocycles. The summed E-state index contributed by atoms with van der Waals surface area (Å²) in [4.78, 5) is 6.54. The third-order valence-corrected chi connectivity index (χ3v) is 3.68. The molecule has 2 rings (SSSR count). The molecule has 1 aromatic heterocycles. The predicted molar refractivity (Wildman–Crippen MR) is 69.1 cm³/mol. The minimum atomic E-state index is -0.0990. The van der Waals surface area contributed by atoms with Gasteiger partial charge in [-0.2, -0.15) is 0 Å². The predicted octanol–water partition coefficient (Wildman–Crippen LogP) is 0.641. The zero-order valence-corrected chi connectivity index (χ0v) is 11.3. The van der Waals surface area contributed by atoms with E-state index in [1.165, 1.54) is 0 Å². The minimum absolute atomic E-state index is 0.0990. The number of aryl methyl sites for hydroxylation is 1. The Morgan fingerprint density at radius 1 is 1.61 bits per heavy atom. The average molecular weight is 253 g/mol. The number of ether oxygens (including phenoxy) is 1. The molecular weight excluding hydrogens is 230 g/mol. The van der Waals surface area contributed by atoms with Gasteiger partial charge in [0.05, 0.1) is 19.8 Å². The zero-order chi connectivity index (χ0) is 13.0. The van der Waals surface area contributed by atoms with E-state index in [0.29, 0.717) is 6.61 Å². The lowest BCUT2D eigenvalue weighted by molar-refractivity contribution is -0.0534. The Kier molecular flexibility index (Phi) is 4.37. The second-order valence-electron chi connectivity index (χ2n) is 5.44. The van der Waals surface area contributed by atoms with E-state index >= 15 is 0 Å². The van der Waals surface area contributed by atoms with Crippen molar-refractivity contribution in [2.75, 3.05) is 33.4 Å². The van der Waals surface area contributed by atoms with Gasteiger partial charge in [-0.25, -0.2) is 4.98 Å². The molecule has 0 aromatic carbocycles. The average Bonchev–Trinajstić information content (AvgIpc) is 2.76. The summed E-state index contributed by atoms with van der Waals surface area (Å²) in [5.41, 5.74) is -0.0990. The van der Waals surface area contributed by atoms with Crippen LogP contribution in [0, 0.1) is 5.41 Å². The van der Waals surface area contributed by atoms with Gasteiger partial charge in [-0.1, -0.05) is 0 Å². The number of aliphatic hydroxyl groups is 1. The number of aliphatic hydroxyl groups excluding tert-OH is 1. The van der Waals surface area contributed by atoms with Gasteiger partial charge in [0, 0.05) is 38.0 Å². The van der Waals surface area contributed by atoms with Crippen LogP contribution in [0.2, 0.25) is 0 Å². The lowest BCUT2D eigenvalue weighted by Crippen LogP contribution is -2.44. The molecule has 1 fully saturated rings. The quantitative estimate of drug-likeness (QED) is 0.837. The van der Waals surface area contributed by atoms with Gasteiger partial charge in [0.25, 0.3) is 0 Å². The van der Waals surface area contributed by atoms with E-state index in [1.54, 1.807) is 0 Å². The lowest BCUT2D eigenvalue weighted by atomic mass is 9.83. The first-order chi connectivity index (χ1) is 8.65. The van der Waals surface area contributed by atoms with Crippen molar-refractivity contribution >= 4 is 0 Å². The van der Waals surface area contributed by atoms with Crippen LogP contribution in [-0.4, -0.2) is 53.0 Å². The highest BCUT2D eigenvalue weighted by molar-refractivity contribution is 4.92. The molecule has 5 nitrogen and oxygen atoms in total. The van der Waals surface area contributed by atoms with E-state index in [-0.39, 0.29) is 12.0 Å².